The number of rotatable bonds is 6. The van der Waals surface area contributed by atoms with E-state index in [0.29, 0.717) is 18.4 Å². The van der Waals surface area contributed by atoms with Crippen LogP contribution in [0.2, 0.25) is 0 Å². The molecule has 2 saturated heterocycles. The molecule has 290 valence electrons. The first-order valence-electron chi connectivity index (χ1n) is 18.6. The van der Waals surface area contributed by atoms with Gasteiger partial charge in [-0.25, -0.2) is 0 Å². The van der Waals surface area contributed by atoms with Gasteiger partial charge in [0.25, 0.3) is 0 Å². The maximum atomic E-state index is 16.0. The number of allylic oxidation sites excluding steroid dienone is 4. The summed E-state index contributed by atoms with van der Waals surface area (Å²) < 4.78 is 29.1. The molecule has 0 aromatic heterocycles. The number of ketones is 2. The summed E-state index contributed by atoms with van der Waals surface area (Å²) in [6.07, 6.45) is 1.26. The lowest BCUT2D eigenvalue weighted by atomic mass is 9.51. The molecule has 1 unspecified atom stereocenters. The Bertz CT molecular complexity index is 1920. The minimum absolute atomic E-state index is 0.104. The lowest BCUT2D eigenvalue weighted by molar-refractivity contribution is -0.158. The van der Waals surface area contributed by atoms with Gasteiger partial charge in [-0.15, -0.1) is 0 Å². The second kappa shape index (κ2) is 14.2. The van der Waals surface area contributed by atoms with Gasteiger partial charge in [-0.1, -0.05) is 44.1 Å². The van der Waals surface area contributed by atoms with Gasteiger partial charge in [-0.2, -0.15) is 0 Å². The van der Waals surface area contributed by atoms with Gasteiger partial charge in [-0.05, 0) is 57.4 Å². The molecule has 6 rings (SSSR count). The Morgan fingerprint density at radius 1 is 0.833 bits per heavy atom. The van der Waals surface area contributed by atoms with Gasteiger partial charge in [0, 0.05) is 56.7 Å². The third kappa shape index (κ3) is 6.17. The number of hydrogen-bond donors (Lipinski definition) is 1. The van der Waals surface area contributed by atoms with Crippen molar-refractivity contribution in [1.82, 2.24) is 5.32 Å². The van der Waals surface area contributed by atoms with Crippen molar-refractivity contribution in [2.45, 2.75) is 113 Å². The number of benzene rings is 1. The number of carbonyl (C=O) groups excluding carboxylic acids is 7. The van der Waals surface area contributed by atoms with Crippen LogP contribution >= 0.6 is 0 Å². The number of esters is 4. The number of amides is 1. The van der Waals surface area contributed by atoms with Crippen LogP contribution in [0, 0.1) is 47.8 Å². The minimum atomic E-state index is -1.64. The molecule has 10 atom stereocenters. The van der Waals surface area contributed by atoms with E-state index in [-0.39, 0.29) is 52.7 Å². The molecule has 0 radical (unpaired) electrons. The quantitative estimate of drug-likeness (QED) is 0.172. The predicted molar refractivity (Wildman–Crippen MR) is 191 cm³/mol. The largest absolute Gasteiger partial charge is 0.455 e. The second-order valence-electron chi connectivity index (χ2n) is 16.0. The van der Waals surface area contributed by atoms with Crippen LogP contribution in [0.1, 0.15) is 110 Å². The monoisotopic (exact) mass is 747 g/mol. The Labute approximate surface area is 314 Å². The van der Waals surface area contributed by atoms with Crippen molar-refractivity contribution >= 4 is 41.4 Å². The maximum Gasteiger partial charge on any atom is 0.308 e. The van der Waals surface area contributed by atoms with Crippen LogP contribution in [0.4, 0.5) is 0 Å². The number of ether oxygens (including phenoxy) is 5. The first-order valence-corrected chi connectivity index (χ1v) is 18.6. The highest BCUT2D eigenvalue weighted by Gasteiger charge is 2.71. The SMILES string of the molecule is CC(=O)Oc1c(C)c2c(c(OC(C)=O)c1OC(C)=O)[C@H]1O[C@@H]2[C@H]2C(=O)[C@@]34C(=O)N[C@@H](CC(C)C)C3[C@H](C)C(C)=C[C@@H]4/C=C(\C)CC[C@@H](OC(C)=O)C(=O)[C@@H]21. The Balaban J connectivity index is 1.67. The third-order valence-electron chi connectivity index (χ3n) is 11.9. The summed E-state index contributed by atoms with van der Waals surface area (Å²) in [6, 6.07) is -0.338. The zero-order valence-electron chi connectivity index (χ0n) is 32.4. The minimum Gasteiger partial charge on any atom is -0.455 e. The van der Waals surface area contributed by atoms with E-state index in [9.17, 15) is 28.8 Å². The van der Waals surface area contributed by atoms with Gasteiger partial charge in [-0.3, -0.25) is 33.6 Å². The van der Waals surface area contributed by atoms with Gasteiger partial charge in [0.1, 0.15) is 5.41 Å². The zero-order valence-corrected chi connectivity index (χ0v) is 32.4. The van der Waals surface area contributed by atoms with Crippen LogP contribution in [0.5, 0.6) is 17.2 Å². The van der Waals surface area contributed by atoms with Crippen LogP contribution in [-0.2, 0) is 43.0 Å². The van der Waals surface area contributed by atoms with Crippen molar-refractivity contribution in [3.8, 4) is 17.2 Å². The molecule has 0 saturated carbocycles. The second-order valence-corrected chi connectivity index (χ2v) is 16.0. The molecule has 5 aliphatic rings. The highest BCUT2D eigenvalue weighted by atomic mass is 16.6. The van der Waals surface area contributed by atoms with E-state index in [2.05, 4.69) is 19.2 Å². The molecule has 1 amide bonds. The van der Waals surface area contributed by atoms with Crippen molar-refractivity contribution < 1.29 is 57.2 Å². The first-order chi connectivity index (χ1) is 25.3. The fourth-order valence-corrected chi connectivity index (χ4v) is 9.91. The molecule has 13 nitrogen and oxygen atoms in total. The van der Waals surface area contributed by atoms with Crippen LogP contribution < -0.4 is 19.5 Å². The molecule has 2 fully saturated rings. The molecule has 2 aliphatic carbocycles. The summed E-state index contributed by atoms with van der Waals surface area (Å²) in [5.41, 5.74) is 0.972. The standard InChI is InChI=1S/C41H49NO12/c1-16(2)13-26-32-19(5)18(4)15-25-14-17(3)11-12-27(50-21(7)43)33(47)29-31(39(48)41(25,32)40(49)42-26)35-28-20(6)34(51-22(8)44)38(53-24(10)46)37(52-23(9)45)30(28)36(29)54-35/h14-16,19,25-27,29,31-32,35-36H,11-13H2,1-10H3,(H,42,49)/b17-14+/t19-,25+,26+,27-,29-,31+,32?,35+,36+,41+/m1/s1. The van der Waals surface area contributed by atoms with Gasteiger partial charge in [0.05, 0.1) is 24.0 Å². The van der Waals surface area contributed by atoms with E-state index < -0.39 is 88.7 Å². The zero-order chi connectivity index (χ0) is 39.7. The highest BCUT2D eigenvalue weighted by Crippen LogP contribution is 2.67. The summed E-state index contributed by atoms with van der Waals surface area (Å²) in [7, 11) is 0. The highest BCUT2D eigenvalue weighted by molar-refractivity contribution is 6.12. The van der Waals surface area contributed by atoms with E-state index >= 15 is 4.79 Å². The number of hydrogen-bond acceptors (Lipinski definition) is 12. The molecule has 13 heteroatoms. The van der Waals surface area contributed by atoms with Gasteiger partial charge < -0.3 is 29.0 Å². The summed E-state index contributed by atoms with van der Waals surface area (Å²) in [4.78, 5) is 95.8. The van der Waals surface area contributed by atoms with Gasteiger partial charge in [0.15, 0.2) is 29.2 Å². The predicted octanol–water partition coefficient (Wildman–Crippen LogP) is 5.30. The molecule has 3 heterocycles. The third-order valence-corrected chi connectivity index (χ3v) is 11.9. The lowest BCUT2D eigenvalue weighted by Gasteiger charge is -2.47. The number of fused-ring (bicyclic) bond motifs is 8. The number of Topliss-reactive ketones (excluding diaryl/α,β-unsaturated/α-hetero) is 2. The Hall–Kier alpha value is -4.65. The fraction of sp³-hybridized carbons (Fsp3) is 0.585. The average molecular weight is 748 g/mol. The van der Waals surface area contributed by atoms with Crippen LogP contribution in [0.15, 0.2) is 23.3 Å². The molecule has 1 spiro atoms. The normalized spacial score (nSPS) is 33.5. The van der Waals surface area contributed by atoms with E-state index in [1.165, 1.54) is 6.92 Å². The summed E-state index contributed by atoms with van der Waals surface area (Å²) in [6.45, 7) is 16.2. The molecule has 54 heavy (non-hydrogen) atoms. The van der Waals surface area contributed by atoms with Crippen LogP contribution in [-0.4, -0.2) is 53.5 Å². The number of nitrogens with one attached hydrogen (secondary N) is 1. The van der Waals surface area contributed by atoms with Crippen molar-refractivity contribution in [1.29, 1.82) is 0 Å². The Morgan fingerprint density at radius 3 is 2.02 bits per heavy atom. The first kappa shape index (κ1) is 39.1. The molecule has 1 aromatic rings. The summed E-state index contributed by atoms with van der Waals surface area (Å²) >= 11 is 0. The van der Waals surface area contributed by atoms with Crippen LogP contribution in [0.25, 0.3) is 0 Å². The molecule has 3 aliphatic heterocycles. The van der Waals surface area contributed by atoms with Crippen molar-refractivity contribution in [2.24, 2.45) is 40.9 Å². The van der Waals surface area contributed by atoms with Crippen LogP contribution in [0.3, 0.4) is 0 Å². The molecular formula is C41H49NO12. The van der Waals surface area contributed by atoms with E-state index in [1.54, 1.807) is 6.92 Å². The summed E-state index contributed by atoms with van der Waals surface area (Å²) in [5.74, 6) is -9.16. The summed E-state index contributed by atoms with van der Waals surface area (Å²) in [5, 5.41) is 3.22. The van der Waals surface area contributed by atoms with E-state index in [0.717, 1.165) is 31.9 Å². The smallest absolute Gasteiger partial charge is 0.308 e. The van der Waals surface area contributed by atoms with E-state index in [4.69, 9.17) is 23.7 Å². The molecular weight excluding hydrogens is 698 g/mol. The molecule has 1 aromatic carbocycles. The molecule has 2 bridgehead atoms. The Kier molecular flexibility index (Phi) is 10.3. The topological polar surface area (TPSA) is 178 Å². The van der Waals surface area contributed by atoms with Gasteiger partial charge in [0.2, 0.25) is 11.7 Å². The fourth-order valence-electron chi connectivity index (χ4n) is 9.91. The average Bonchev–Trinajstić information content (AvgIpc) is 3.71. The maximum absolute atomic E-state index is 16.0. The molecule has 1 N–H and O–H groups in total. The number of carbonyl (C=O) groups is 7. The lowest BCUT2D eigenvalue weighted by Crippen LogP contribution is -2.56. The van der Waals surface area contributed by atoms with Crippen molar-refractivity contribution in [3.63, 3.8) is 0 Å². The van der Waals surface area contributed by atoms with Crippen molar-refractivity contribution in [2.75, 3.05) is 0 Å². The van der Waals surface area contributed by atoms with Crippen molar-refractivity contribution in [3.05, 3.63) is 40.0 Å². The van der Waals surface area contributed by atoms with E-state index in [1.807, 2.05) is 32.9 Å². The Morgan fingerprint density at radius 2 is 1.43 bits per heavy atom. The van der Waals surface area contributed by atoms with Gasteiger partial charge >= 0.3 is 23.9 Å².